The number of benzene rings is 1. The van der Waals surface area contributed by atoms with Crippen LogP contribution in [0.3, 0.4) is 0 Å². The minimum absolute atomic E-state index is 0.297. The summed E-state index contributed by atoms with van der Waals surface area (Å²) < 4.78 is 0. The van der Waals surface area contributed by atoms with E-state index in [1.807, 2.05) is 18.2 Å². The molecule has 3 aromatic rings. The average molecular weight is 270 g/mol. The molecular formula is C14H14N4S. The van der Waals surface area contributed by atoms with Crippen LogP contribution in [0.25, 0.3) is 10.2 Å². The fourth-order valence-electron chi connectivity index (χ4n) is 1.99. The molecule has 0 amide bonds. The average Bonchev–Trinajstić information content (AvgIpc) is 2.72. The number of nitrogens with two attached hydrogens (primary N) is 1. The fraction of sp³-hybridized carbons (Fsp3) is 0.143. The zero-order chi connectivity index (χ0) is 13.4. The molecule has 0 unspecified atom stereocenters. The van der Waals surface area contributed by atoms with E-state index in [4.69, 9.17) is 5.73 Å². The van der Waals surface area contributed by atoms with Crippen LogP contribution in [0.2, 0.25) is 0 Å². The number of nitrogens with one attached hydrogen (secondary N) is 1. The van der Waals surface area contributed by atoms with Crippen molar-refractivity contribution < 1.29 is 0 Å². The van der Waals surface area contributed by atoms with E-state index in [0.717, 1.165) is 21.7 Å². The number of nitrogen functional groups attached to an aromatic ring is 1. The van der Waals surface area contributed by atoms with Gasteiger partial charge in [0.1, 0.15) is 10.6 Å². The number of hydrogen-bond donors (Lipinski definition) is 2. The molecule has 0 fully saturated rings. The predicted octanol–water partition coefficient (Wildman–Crippen LogP) is 3.63. The molecule has 0 aliphatic rings. The van der Waals surface area contributed by atoms with Crippen molar-refractivity contribution in [2.75, 3.05) is 11.1 Å². The van der Waals surface area contributed by atoms with Gasteiger partial charge in [-0.2, -0.15) is 4.98 Å². The summed E-state index contributed by atoms with van der Waals surface area (Å²) in [4.78, 5) is 10.7. The molecule has 3 N–H and O–H groups in total. The quantitative estimate of drug-likeness (QED) is 0.746. The maximum absolute atomic E-state index is 5.77. The first-order valence-corrected chi connectivity index (χ1v) is 6.81. The lowest BCUT2D eigenvalue weighted by Crippen LogP contribution is -2.01. The smallest absolute Gasteiger partial charge is 0.223 e. The molecule has 0 aliphatic heterocycles. The van der Waals surface area contributed by atoms with Gasteiger partial charge in [-0.1, -0.05) is 18.2 Å². The molecule has 96 valence electrons. The molecule has 0 saturated carbocycles. The highest BCUT2D eigenvalue weighted by atomic mass is 32.1. The van der Waals surface area contributed by atoms with E-state index in [9.17, 15) is 0 Å². The van der Waals surface area contributed by atoms with Crippen LogP contribution in [0, 0.1) is 13.8 Å². The number of fused-ring (bicyclic) bond motifs is 1. The summed E-state index contributed by atoms with van der Waals surface area (Å²) in [6.07, 6.45) is 0. The van der Waals surface area contributed by atoms with E-state index in [-0.39, 0.29) is 0 Å². The van der Waals surface area contributed by atoms with Gasteiger partial charge in [0, 0.05) is 10.6 Å². The zero-order valence-corrected chi connectivity index (χ0v) is 11.6. The first kappa shape index (κ1) is 11.9. The highest BCUT2D eigenvalue weighted by Crippen LogP contribution is 2.31. The molecule has 0 saturated heterocycles. The van der Waals surface area contributed by atoms with E-state index in [0.29, 0.717) is 5.95 Å². The predicted molar refractivity (Wildman–Crippen MR) is 81.0 cm³/mol. The molecule has 5 heteroatoms. The van der Waals surface area contributed by atoms with Gasteiger partial charge in [0.2, 0.25) is 5.95 Å². The summed E-state index contributed by atoms with van der Waals surface area (Å²) in [5.74, 6) is 1.06. The van der Waals surface area contributed by atoms with Crippen molar-refractivity contribution in [3.63, 3.8) is 0 Å². The summed E-state index contributed by atoms with van der Waals surface area (Å²) >= 11 is 1.62. The van der Waals surface area contributed by atoms with Gasteiger partial charge in [0.05, 0.1) is 5.39 Å². The molecular weight excluding hydrogens is 256 g/mol. The van der Waals surface area contributed by atoms with Gasteiger partial charge in [0.25, 0.3) is 0 Å². The maximum Gasteiger partial charge on any atom is 0.223 e. The van der Waals surface area contributed by atoms with Gasteiger partial charge in [0.15, 0.2) is 0 Å². The number of aromatic nitrogens is 2. The highest BCUT2D eigenvalue weighted by molar-refractivity contribution is 7.18. The lowest BCUT2D eigenvalue weighted by molar-refractivity contribution is 1.24. The summed E-state index contributed by atoms with van der Waals surface area (Å²) in [6, 6.07) is 10.2. The Morgan fingerprint density at radius 3 is 2.74 bits per heavy atom. The van der Waals surface area contributed by atoms with Crippen molar-refractivity contribution in [2.24, 2.45) is 0 Å². The monoisotopic (exact) mass is 270 g/mol. The topological polar surface area (TPSA) is 63.8 Å². The third-order valence-electron chi connectivity index (χ3n) is 2.93. The maximum atomic E-state index is 5.77. The van der Waals surface area contributed by atoms with Crippen LogP contribution in [0.15, 0.2) is 30.3 Å². The third-order valence-corrected chi connectivity index (χ3v) is 3.88. The van der Waals surface area contributed by atoms with E-state index >= 15 is 0 Å². The Morgan fingerprint density at radius 1 is 1.16 bits per heavy atom. The SMILES string of the molecule is Cc1cc2c(Nc3ccccc3C)nc(N)nc2s1. The van der Waals surface area contributed by atoms with Crippen LogP contribution >= 0.6 is 11.3 Å². The van der Waals surface area contributed by atoms with Gasteiger partial charge in [-0.25, -0.2) is 4.98 Å². The molecule has 0 bridgehead atoms. The van der Waals surface area contributed by atoms with Gasteiger partial charge in [-0.15, -0.1) is 11.3 Å². The number of aryl methyl sites for hydroxylation is 2. The lowest BCUT2D eigenvalue weighted by Gasteiger charge is -2.09. The summed E-state index contributed by atoms with van der Waals surface area (Å²) in [7, 11) is 0. The van der Waals surface area contributed by atoms with E-state index in [1.165, 1.54) is 10.4 Å². The molecule has 0 atom stereocenters. The van der Waals surface area contributed by atoms with Crippen molar-refractivity contribution in [1.29, 1.82) is 0 Å². The van der Waals surface area contributed by atoms with Crippen LogP contribution in [0.1, 0.15) is 10.4 Å². The van der Waals surface area contributed by atoms with Crippen LogP contribution in [0.5, 0.6) is 0 Å². The Morgan fingerprint density at radius 2 is 1.95 bits per heavy atom. The normalized spacial score (nSPS) is 10.8. The molecule has 2 heterocycles. The second-order valence-corrected chi connectivity index (χ2v) is 5.68. The van der Waals surface area contributed by atoms with Gasteiger partial charge in [-0.3, -0.25) is 0 Å². The van der Waals surface area contributed by atoms with Crippen molar-refractivity contribution in [1.82, 2.24) is 9.97 Å². The number of para-hydroxylation sites is 1. The molecule has 0 radical (unpaired) electrons. The lowest BCUT2D eigenvalue weighted by atomic mass is 10.2. The molecule has 2 aromatic heterocycles. The molecule has 3 rings (SSSR count). The number of hydrogen-bond acceptors (Lipinski definition) is 5. The Balaban J connectivity index is 2.12. The molecule has 0 spiro atoms. The number of thiophene rings is 1. The van der Waals surface area contributed by atoms with Gasteiger partial charge in [-0.05, 0) is 31.5 Å². The minimum Gasteiger partial charge on any atom is -0.368 e. The summed E-state index contributed by atoms with van der Waals surface area (Å²) in [5.41, 5.74) is 7.97. The van der Waals surface area contributed by atoms with Gasteiger partial charge >= 0.3 is 0 Å². The van der Waals surface area contributed by atoms with Crippen LogP contribution < -0.4 is 11.1 Å². The zero-order valence-electron chi connectivity index (χ0n) is 10.8. The van der Waals surface area contributed by atoms with Crippen LogP contribution in [0.4, 0.5) is 17.5 Å². The second-order valence-electron chi connectivity index (χ2n) is 4.45. The van der Waals surface area contributed by atoms with E-state index in [2.05, 4.69) is 41.3 Å². The number of rotatable bonds is 2. The van der Waals surface area contributed by atoms with Gasteiger partial charge < -0.3 is 11.1 Å². The standard InChI is InChI=1S/C14H14N4S/c1-8-5-3-4-6-11(8)16-12-10-7-9(2)19-13(10)18-14(15)17-12/h3-7H,1-2H3,(H3,15,16,17,18). The highest BCUT2D eigenvalue weighted by Gasteiger charge is 2.10. The molecule has 0 aliphatic carbocycles. The Kier molecular flexibility index (Phi) is 2.83. The molecule has 4 nitrogen and oxygen atoms in total. The largest absolute Gasteiger partial charge is 0.368 e. The summed E-state index contributed by atoms with van der Waals surface area (Å²) in [6.45, 7) is 4.11. The second kappa shape index (κ2) is 4.51. The number of nitrogens with zero attached hydrogens (tertiary/aromatic N) is 2. The van der Waals surface area contributed by atoms with Crippen molar-refractivity contribution in [3.8, 4) is 0 Å². The van der Waals surface area contributed by atoms with Crippen LogP contribution in [-0.4, -0.2) is 9.97 Å². The number of anilines is 3. The van der Waals surface area contributed by atoms with Crippen LogP contribution in [-0.2, 0) is 0 Å². The Hall–Kier alpha value is -2.14. The van der Waals surface area contributed by atoms with Crippen molar-refractivity contribution in [3.05, 3.63) is 40.8 Å². The summed E-state index contributed by atoms with van der Waals surface area (Å²) in [5, 5.41) is 4.36. The van der Waals surface area contributed by atoms with Crippen molar-refractivity contribution in [2.45, 2.75) is 13.8 Å². The Bertz CT molecular complexity index is 748. The first-order chi connectivity index (χ1) is 9.13. The third kappa shape index (κ3) is 2.24. The molecule has 19 heavy (non-hydrogen) atoms. The van der Waals surface area contributed by atoms with Crippen molar-refractivity contribution >= 4 is 39.0 Å². The van der Waals surface area contributed by atoms with E-state index < -0.39 is 0 Å². The fourth-order valence-corrected chi connectivity index (χ4v) is 2.88. The first-order valence-electron chi connectivity index (χ1n) is 6.00. The Labute approximate surface area is 115 Å². The minimum atomic E-state index is 0.297. The van der Waals surface area contributed by atoms with E-state index in [1.54, 1.807) is 11.3 Å². The molecule has 1 aromatic carbocycles.